The maximum absolute atomic E-state index is 13.5. The smallest absolute Gasteiger partial charge is 0.312 e. The van der Waals surface area contributed by atoms with Gasteiger partial charge < -0.3 is 32.1 Å². The number of hydrogen-bond donors (Lipinski definition) is 6. The van der Waals surface area contributed by atoms with Crippen molar-refractivity contribution in [2.45, 2.75) is 80.9 Å². The van der Waals surface area contributed by atoms with Gasteiger partial charge in [-0.3, -0.25) is 28.9 Å². The van der Waals surface area contributed by atoms with E-state index in [0.717, 1.165) is 9.79 Å². The van der Waals surface area contributed by atoms with Crippen molar-refractivity contribution in [1.29, 1.82) is 0 Å². The Morgan fingerprint density at radius 3 is 1.85 bits per heavy atom. The van der Waals surface area contributed by atoms with Crippen LogP contribution in [0.4, 0.5) is 10.5 Å². The molecular weight excluding hydrogens is 741 g/mol. The van der Waals surface area contributed by atoms with E-state index >= 15 is 0 Å². The van der Waals surface area contributed by atoms with E-state index in [9.17, 15) is 33.9 Å². The number of thioether (sulfide) groups is 2. The molecule has 0 aromatic heterocycles. The minimum Gasteiger partial charge on any atom is -0.392 e. The molecule has 0 bridgehead atoms. The summed E-state index contributed by atoms with van der Waals surface area (Å²) in [6.45, 7) is 3.82. The van der Waals surface area contributed by atoms with E-state index in [2.05, 4.69) is 21.3 Å². The number of anilines is 1. The number of unbranched alkanes of at least 4 members (excludes halogenated alkanes) is 2. The Hall–Kier alpha value is -5.12. The van der Waals surface area contributed by atoms with E-state index in [1.54, 1.807) is 38.1 Å². The highest BCUT2D eigenvalue weighted by molar-refractivity contribution is 8.08. The molecule has 1 heterocycles. The number of amides is 7. The highest BCUT2D eigenvalue weighted by Crippen LogP contribution is 2.42. The minimum atomic E-state index is -0.985. The number of nitrogens with one attached hydrogen (secondary N) is 4. The van der Waals surface area contributed by atoms with Crippen molar-refractivity contribution >= 4 is 64.8 Å². The molecular formula is C40H48N6O7S2. The Morgan fingerprint density at radius 1 is 0.745 bits per heavy atom. The van der Waals surface area contributed by atoms with Gasteiger partial charge in [-0.1, -0.05) is 92.3 Å². The summed E-state index contributed by atoms with van der Waals surface area (Å²) in [5, 5.41) is 20.1. The predicted octanol–water partition coefficient (Wildman–Crippen LogP) is 4.92. The van der Waals surface area contributed by atoms with E-state index in [-0.39, 0.29) is 56.2 Å². The van der Waals surface area contributed by atoms with Gasteiger partial charge in [-0.15, -0.1) is 0 Å². The van der Waals surface area contributed by atoms with Crippen LogP contribution in [0.1, 0.15) is 57.9 Å². The zero-order valence-electron chi connectivity index (χ0n) is 30.9. The van der Waals surface area contributed by atoms with Gasteiger partial charge in [0.05, 0.1) is 16.4 Å². The second-order valence-corrected chi connectivity index (χ2v) is 15.4. The molecule has 2 atom stereocenters. The first-order chi connectivity index (χ1) is 26.5. The van der Waals surface area contributed by atoms with Gasteiger partial charge in [-0.2, -0.15) is 0 Å². The Morgan fingerprint density at radius 2 is 1.33 bits per heavy atom. The second-order valence-electron chi connectivity index (χ2n) is 13.2. The monoisotopic (exact) mass is 788 g/mol. The Kier molecular flexibility index (Phi) is 16.8. The Balaban J connectivity index is 1.29. The number of nitrogens with zero attached hydrogens (tertiary/aromatic N) is 1. The van der Waals surface area contributed by atoms with Crippen molar-refractivity contribution in [3.63, 3.8) is 0 Å². The molecule has 292 valence electrons. The minimum absolute atomic E-state index is 0.118. The van der Waals surface area contributed by atoms with E-state index in [4.69, 9.17) is 5.73 Å². The lowest BCUT2D eigenvalue weighted by atomic mass is 10.0. The summed E-state index contributed by atoms with van der Waals surface area (Å²) in [6, 6.07) is 22.9. The molecule has 7 amide bonds. The molecule has 1 unspecified atom stereocenters. The van der Waals surface area contributed by atoms with Crippen molar-refractivity contribution in [2.24, 2.45) is 11.7 Å². The van der Waals surface area contributed by atoms with Crippen molar-refractivity contribution in [3.05, 3.63) is 100 Å². The van der Waals surface area contributed by atoms with Crippen LogP contribution in [0.3, 0.4) is 0 Å². The maximum atomic E-state index is 13.5. The average Bonchev–Trinajstić information content (AvgIpc) is 3.38. The number of urea groups is 1. The summed E-state index contributed by atoms with van der Waals surface area (Å²) >= 11 is 2.55. The molecule has 3 aromatic carbocycles. The summed E-state index contributed by atoms with van der Waals surface area (Å²) in [5.41, 5.74) is 6.30. The second kappa shape index (κ2) is 21.7. The molecule has 4 rings (SSSR count). The molecule has 0 saturated heterocycles. The number of benzene rings is 3. The standard InChI is InChI=1S/C40H48N6O7S2/c1-26(2)33(37(50)44-31(17-12-23-42-40(41)53)36(49)43-28-21-19-27(25-47)20-22-28)45-32(48)18-10-5-11-24-46-38(51)34(54-29-13-6-3-7-14-29)35(39(46)52)55-30-15-8-4-9-16-30/h3-4,6-9,13-16,19-22,26,31,33,47H,5,10-12,17-18,23-25H2,1-2H3,(H,43,49)(H,44,50)(H,45,48)(H3,41,42,53)/t31-,33?/m0/s1. The highest BCUT2D eigenvalue weighted by atomic mass is 32.2. The Bertz CT molecular complexity index is 1760. The van der Waals surface area contributed by atoms with Crippen molar-refractivity contribution in [1.82, 2.24) is 20.9 Å². The lowest BCUT2D eigenvalue weighted by Gasteiger charge is -2.25. The lowest BCUT2D eigenvalue weighted by Crippen LogP contribution is -2.54. The lowest BCUT2D eigenvalue weighted by molar-refractivity contribution is -0.137. The first-order valence-corrected chi connectivity index (χ1v) is 19.8. The number of imide groups is 1. The van der Waals surface area contributed by atoms with Gasteiger partial charge in [-0.05, 0) is 73.6 Å². The third kappa shape index (κ3) is 13.3. The van der Waals surface area contributed by atoms with Crippen molar-refractivity contribution in [2.75, 3.05) is 18.4 Å². The Labute approximate surface area is 329 Å². The maximum Gasteiger partial charge on any atom is 0.312 e. The fourth-order valence-corrected chi connectivity index (χ4v) is 7.67. The molecule has 1 aliphatic heterocycles. The number of carbonyl (C=O) groups excluding carboxylic acids is 6. The van der Waals surface area contributed by atoms with Crippen LogP contribution in [0.15, 0.2) is 105 Å². The number of primary amides is 1. The molecule has 0 aliphatic carbocycles. The van der Waals surface area contributed by atoms with E-state index < -0.39 is 29.9 Å². The molecule has 0 saturated carbocycles. The molecule has 13 nitrogen and oxygen atoms in total. The fourth-order valence-electron chi connectivity index (χ4n) is 5.61. The molecule has 0 spiro atoms. The van der Waals surface area contributed by atoms with E-state index in [0.29, 0.717) is 46.7 Å². The summed E-state index contributed by atoms with van der Waals surface area (Å²) < 4.78 is 0. The van der Waals surface area contributed by atoms with Gasteiger partial charge in [0, 0.05) is 35.0 Å². The summed E-state index contributed by atoms with van der Waals surface area (Å²) in [4.78, 5) is 81.7. The third-order valence-electron chi connectivity index (χ3n) is 8.57. The average molecular weight is 789 g/mol. The van der Waals surface area contributed by atoms with Gasteiger partial charge in [0.15, 0.2) is 0 Å². The molecule has 15 heteroatoms. The van der Waals surface area contributed by atoms with Gasteiger partial charge >= 0.3 is 6.03 Å². The summed E-state index contributed by atoms with van der Waals surface area (Å²) in [6.07, 6.45) is 2.16. The molecule has 1 aliphatic rings. The molecule has 0 fully saturated rings. The normalized spacial score (nSPS) is 13.8. The molecule has 0 radical (unpaired) electrons. The first kappa shape index (κ1) is 42.6. The quantitative estimate of drug-likeness (QED) is 0.0641. The zero-order chi connectivity index (χ0) is 39.7. The summed E-state index contributed by atoms with van der Waals surface area (Å²) in [7, 11) is 0. The topological polar surface area (TPSA) is 200 Å². The SMILES string of the molecule is CC(C)C(NC(=O)CCCCCN1C(=O)C(Sc2ccccc2)=C(Sc2ccccc2)C1=O)C(=O)N[C@@H](CCCNC(N)=O)C(=O)Nc1ccc(CO)cc1. The third-order valence-corrected chi connectivity index (χ3v) is 10.9. The van der Waals surface area contributed by atoms with Crippen LogP contribution in [0.25, 0.3) is 0 Å². The zero-order valence-corrected chi connectivity index (χ0v) is 32.5. The van der Waals surface area contributed by atoms with Gasteiger partial charge in [0.2, 0.25) is 17.7 Å². The molecule has 7 N–H and O–H groups in total. The number of aliphatic hydroxyl groups excluding tert-OH is 1. The van der Waals surface area contributed by atoms with Gasteiger partial charge in [-0.25, -0.2) is 4.79 Å². The van der Waals surface area contributed by atoms with E-state index in [1.165, 1.54) is 28.4 Å². The van der Waals surface area contributed by atoms with Crippen LogP contribution in [0, 0.1) is 5.92 Å². The van der Waals surface area contributed by atoms with Gasteiger partial charge in [0.1, 0.15) is 12.1 Å². The fraction of sp³-hybridized carbons (Fsp3) is 0.350. The predicted molar refractivity (Wildman–Crippen MR) is 213 cm³/mol. The van der Waals surface area contributed by atoms with Gasteiger partial charge in [0.25, 0.3) is 11.8 Å². The van der Waals surface area contributed by atoms with E-state index in [1.807, 2.05) is 60.7 Å². The largest absolute Gasteiger partial charge is 0.392 e. The van der Waals surface area contributed by atoms with Crippen LogP contribution in [-0.2, 0) is 30.6 Å². The van der Waals surface area contributed by atoms with Crippen molar-refractivity contribution < 1.29 is 33.9 Å². The number of nitrogens with two attached hydrogens (primary N) is 1. The number of hydrogen-bond acceptors (Lipinski definition) is 9. The van der Waals surface area contributed by atoms with Crippen LogP contribution in [0.2, 0.25) is 0 Å². The van der Waals surface area contributed by atoms with Crippen LogP contribution < -0.4 is 27.0 Å². The number of carbonyl (C=O) groups is 6. The summed E-state index contributed by atoms with van der Waals surface area (Å²) in [5.74, 6) is -2.34. The highest BCUT2D eigenvalue weighted by Gasteiger charge is 2.39. The van der Waals surface area contributed by atoms with Crippen LogP contribution in [0.5, 0.6) is 0 Å². The van der Waals surface area contributed by atoms with Crippen molar-refractivity contribution in [3.8, 4) is 0 Å². The first-order valence-electron chi connectivity index (χ1n) is 18.2. The molecule has 3 aromatic rings. The van der Waals surface area contributed by atoms with Crippen LogP contribution >= 0.6 is 23.5 Å². The van der Waals surface area contributed by atoms with Crippen LogP contribution in [-0.4, -0.2) is 70.7 Å². The molecule has 55 heavy (non-hydrogen) atoms. The number of rotatable bonds is 21. The number of aliphatic hydroxyl groups is 1.